The second-order valence-corrected chi connectivity index (χ2v) is 18.2. The van der Waals surface area contributed by atoms with E-state index in [1.807, 2.05) is 88.8 Å². The minimum Gasteiger partial charge on any atom is -0.453 e. The van der Waals surface area contributed by atoms with Crippen LogP contribution in [0.5, 0.6) is 0 Å². The normalized spacial score (nSPS) is 19.8. The molecule has 17 heteroatoms. The number of hydrogen-bond acceptors (Lipinski definition) is 11. The minimum atomic E-state index is -0.913. The monoisotopic (exact) mass is 935 g/mol. The summed E-state index contributed by atoms with van der Waals surface area (Å²) in [5, 5.41) is 6.65. The average molecular weight is 936 g/mol. The second-order valence-electron chi connectivity index (χ2n) is 18.2. The van der Waals surface area contributed by atoms with Crippen molar-refractivity contribution in [2.75, 3.05) is 46.6 Å². The third-order valence-electron chi connectivity index (χ3n) is 13.9. The Morgan fingerprint density at radius 1 is 0.696 bits per heavy atom. The third-order valence-corrected chi connectivity index (χ3v) is 13.9. The molecular formula is C52H57N9O8. The number of H-pyrrole nitrogens is 2. The highest BCUT2D eigenvalue weighted by Crippen LogP contribution is 2.37. The highest BCUT2D eigenvalue weighted by atomic mass is 16.6. The molecule has 4 N–H and O–H groups in total. The Kier molecular flexibility index (Phi) is 13.7. The number of rotatable bonds is 12. The van der Waals surface area contributed by atoms with Crippen LogP contribution in [0.15, 0.2) is 97.3 Å². The molecule has 3 aromatic heterocycles. The molecule has 3 aromatic carbocycles. The summed E-state index contributed by atoms with van der Waals surface area (Å²) in [6.45, 7) is 3.30. The van der Waals surface area contributed by atoms with Gasteiger partial charge in [0.1, 0.15) is 29.8 Å². The Morgan fingerprint density at radius 3 is 2.12 bits per heavy atom. The second kappa shape index (κ2) is 20.6. The summed E-state index contributed by atoms with van der Waals surface area (Å²) in [6.07, 6.45) is 7.96. The first kappa shape index (κ1) is 45.7. The minimum absolute atomic E-state index is 0.0367. The van der Waals surface area contributed by atoms with Crippen LogP contribution in [0.25, 0.3) is 44.7 Å². The Morgan fingerprint density at radius 2 is 1.38 bits per heavy atom. The largest absolute Gasteiger partial charge is 0.453 e. The fraction of sp³-hybridized carbons (Fsp3) is 0.404. The van der Waals surface area contributed by atoms with E-state index in [1.165, 1.54) is 7.11 Å². The van der Waals surface area contributed by atoms with Crippen molar-refractivity contribution in [1.82, 2.24) is 45.4 Å². The van der Waals surface area contributed by atoms with Crippen LogP contribution in [-0.4, -0.2) is 117 Å². The van der Waals surface area contributed by atoms with E-state index in [2.05, 4.69) is 32.7 Å². The molecule has 69 heavy (non-hydrogen) atoms. The quantitative estimate of drug-likeness (QED) is 0.0931. The predicted molar refractivity (Wildman–Crippen MR) is 255 cm³/mol. The molecule has 0 saturated carbocycles. The van der Waals surface area contributed by atoms with Gasteiger partial charge in [-0.15, -0.1) is 0 Å². The molecule has 0 spiro atoms. The molecule has 1 unspecified atom stereocenters. The number of benzene rings is 3. The van der Waals surface area contributed by atoms with Gasteiger partial charge in [0.15, 0.2) is 0 Å². The van der Waals surface area contributed by atoms with Crippen molar-refractivity contribution in [3.05, 3.63) is 115 Å². The van der Waals surface area contributed by atoms with Crippen molar-refractivity contribution in [2.24, 2.45) is 5.92 Å². The summed E-state index contributed by atoms with van der Waals surface area (Å²) in [6, 6.07) is 25.5. The zero-order valence-corrected chi connectivity index (χ0v) is 38.6. The Labute approximate surface area is 399 Å². The standard InChI is InChI=1S/C52H57N9O8/c1-66-51(64)58-46(35-19-25-67-26-20-35)50(63)61-24-5-9-43(61)47-53-30-41(56-47)33-13-11-32(12-14-33)39-17-15-36-29-37(16-18-40(36)55-39)42-31-54-48(57-42)44-10-6-23-60(44)49(62)45(34-7-3-2-4-8-34)59-52(65)69-38-21-27-68-28-22-38/h2-4,7-8,11-18,29-31,35,38,43-46H,5-6,9-10,19-28H2,1H3,(H,53,56)(H,54,57)(H,58,64)(H,59,65)/t43-,44?,45+,46-/m0/s1. The van der Waals surface area contributed by atoms with Crippen molar-refractivity contribution in [3.63, 3.8) is 0 Å². The molecule has 4 fully saturated rings. The fourth-order valence-corrected chi connectivity index (χ4v) is 10.2. The van der Waals surface area contributed by atoms with E-state index >= 15 is 0 Å². The number of pyridine rings is 1. The smallest absolute Gasteiger partial charge is 0.408 e. The van der Waals surface area contributed by atoms with Gasteiger partial charge in [0.05, 0.1) is 61.2 Å². The van der Waals surface area contributed by atoms with E-state index < -0.39 is 24.3 Å². The van der Waals surface area contributed by atoms with E-state index in [0.29, 0.717) is 82.4 Å². The van der Waals surface area contributed by atoms with Crippen molar-refractivity contribution in [1.29, 1.82) is 0 Å². The van der Waals surface area contributed by atoms with E-state index in [-0.39, 0.29) is 35.9 Å². The molecule has 6 aromatic rings. The summed E-state index contributed by atoms with van der Waals surface area (Å²) in [7, 11) is 1.31. The number of ether oxygens (including phenoxy) is 4. The van der Waals surface area contributed by atoms with Crippen LogP contribution < -0.4 is 10.6 Å². The molecule has 4 saturated heterocycles. The first-order chi connectivity index (χ1) is 33.8. The van der Waals surface area contributed by atoms with Gasteiger partial charge in [-0.05, 0) is 73.8 Å². The van der Waals surface area contributed by atoms with Crippen LogP contribution in [0.3, 0.4) is 0 Å². The maximum Gasteiger partial charge on any atom is 0.408 e. The zero-order valence-electron chi connectivity index (χ0n) is 38.6. The Bertz CT molecular complexity index is 2770. The maximum absolute atomic E-state index is 14.3. The maximum atomic E-state index is 14.3. The summed E-state index contributed by atoms with van der Waals surface area (Å²) in [5.74, 6) is 1.04. The number of alkyl carbamates (subject to hydrolysis) is 2. The predicted octanol–water partition coefficient (Wildman–Crippen LogP) is 7.81. The third kappa shape index (κ3) is 10.1. The molecule has 4 atom stereocenters. The number of carbonyl (C=O) groups is 4. The number of hydrogen-bond donors (Lipinski definition) is 4. The topological polar surface area (TPSA) is 206 Å². The van der Waals surface area contributed by atoms with Crippen LogP contribution in [0.2, 0.25) is 0 Å². The number of aromatic nitrogens is 5. The van der Waals surface area contributed by atoms with Gasteiger partial charge in [-0.3, -0.25) is 9.59 Å². The Balaban J connectivity index is 0.798. The van der Waals surface area contributed by atoms with Crippen molar-refractivity contribution in [3.8, 4) is 33.8 Å². The van der Waals surface area contributed by atoms with Gasteiger partial charge in [0.2, 0.25) is 5.91 Å². The number of nitrogens with zero attached hydrogens (tertiary/aromatic N) is 5. The molecule has 4 aliphatic heterocycles. The average Bonchev–Trinajstić information content (AvgIpc) is 4.26. The molecule has 0 bridgehead atoms. The lowest BCUT2D eigenvalue weighted by Crippen LogP contribution is -2.53. The Hall–Kier alpha value is -7.11. The number of likely N-dealkylation sites (tertiary alicyclic amines) is 2. The lowest BCUT2D eigenvalue weighted by Gasteiger charge is -2.34. The number of aromatic amines is 2. The molecule has 7 heterocycles. The van der Waals surface area contributed by atoms with E-state index in [4.69, 9.17) is 33.9 Å². The van der Waals surface area contributed by atoms with Gasteiger partial charge in [0.25, 0.3) is 5.91 Å². The van der Waals surface area contributed by atoms with Crippen LogP contribution >= 0.6 is 0 Å². The highest BCUT2D eigenvalue weighted by molar-refractivity contribution is 5.89. The van der Waals surface area contributed by atoms with Gasteiger partial charge in [-0.25, -0.2) is 24.5 Å². The number of carbonyl (C=O) groups excluding carboxylic acids is 4. The number of amides is 4. The molecular weight excluding hydrogens is 879 g/mol. The van der Waals surface area contributed by atoms with Crippen LogP contribution in [0, 0.1) is 5.92 Å². The summed E-state index contributed by atoms with van der Waals surface area (Å²) >= 11 is 0. The fourth-order valence-electron chi connectivity index (χ4n) is 10.2. The molecule has 0 aliphatic carbocycles. The van der Waals surface area contributed by atoms with Crippen LogP contribution in [0.4, 0.5) is 9.59 Å². The molecule has 358 valence electrons. The van der Waals surface area contributed by atoms with Crippen molar-refractivity contribution in [2.45, 2.75) is 81.6 Å². The van der Waals surface area contributed by atoms with E-state index in [9.17, 15) is 19.2 Å². The summed E-state index contributed by atoms with van der Waals surface area (Å²) in [5.41, 5.74) is 6.79. The van der Waals surface area contributed by atoms with Crippen LogP contribution in [-0.2, 0) is 28.5 Å². The zero-order chi connectivity index (χ0) is 47.3. The van der Waals surface area contributed by atoms with Gasteiger partial charge in [0, 0.05) is 61.9 Å². The molecule has 0 radical (unpaired) electrons. The molecule has 17 nitrogen and oxygen atoms in total. The van der Waals surface area contributed by atoms with Crippen molar-refractivity contribution < 1.29 is 38.1 Å². The SMILES string of the molecule is COC(=O)N[C@H](C(=O)N1CCC[C@H]1c1ncc(-c2ccc(-c3ccc4cc(-c5c[nH]c(C6CCCN6C(=O)[C@H](NC(=O)OC6CCOCC6)c6ccccc6)n5)ccc4n3)cc2)[nH]1)C1CCOCC1. The highest BCUT2D eigenvalue weighted by Gasteiger charge is 2.41. The molecule has 4 amide bonds. The van der Waals surface area contributed by atoms with Crippen LogP contribution in [0.1, 0.15) is 86.7 Å². The van der Waals surface area contributed by atoms with Gasteiger partial charge < -0.3 is 49.3 Å². The summed E-state index contributed by atoms with van der Waals surface area (Å²) in [4.78, 5) is 79.0. The van der Waals surface area contributed by atoms with E-state index in [1.54, 1.807) is 6.20 Å². The number of imidazole rings is 2. The summed E-state index contributed by atoms with van der Waals surface area (Å²) < 4.78 is 21.5. The number of methoxy groups -OCH3 is 1. The number of fused-ring (bicyclic) bond motifs is 1. The number of nitrogens with one attached hydrogen (secondary N) is 4. The molecule has 10 rings (SSSR count). The first-order valence-corrected chi connectivity index (χ1v) is 24.0. The van der Waals surface area contributed by atoms with Gasteiger partial charge >= 0.3 is 12.2 Å². The first-order valence-electron chi connectivity index (χ1n) is 24.0. The van der Waals surface area contributed by atoms with E-state index in [0.717, 1.165) is 70.4 Å². The lowest BCUT2D eigenvalue weighted by molar-refractivity contribution is -0.137. The van der Waals surface area contributed by atoms with Gasteiger partial charge in [-0.1, -0.05) is 66.7 Å². The lowest BCUT2D eigenvalue weighted by atomic mass is 9.90. The molecule has 4 aliphatic rings. The van der Waals surface area contributed by atoms with Gasteiger partial charge in [-0.2, -0.15) is 0 Å². The van der Waals surface area contributed by atoms with Crippen molar-refractivity contribution >= 4 is 34.9 Å².